The Morgan fingerprint density at radius 2 is 2.13 bits per heavy atom. The first-order chi connectivity index (χ1) is 7.19. The molecule has 2 nitrogen and oxygen atoms in total. The van der Waals surface area contributed by atoms with Crippen LogP contribution in [0.2, 0.25) is 0 Å². The Bertz CT molecular complexity index is 374. The molecule has 0 aromatic heterocycles. The first-order valence-electron chi connectivity index (χ1n) is 4.70. The van der Waals surface area contributed by atoms with E-state index in [0.717, 1.165) is 5.56 Å². The van der Waals surface area contributed by atoms with Crippen molar-refractivity contribution >= 4 is 5.71 Å². The molecule has 3 heteroatoms. The van der Waals surface area contributed by atoms with Crippen molar-refractivity contribution in [2.24, 2.45) is 0 Å². The predicted molar refractivity (Wildman–Crippen MR) is 58.8 cm³/mol. The predicted octanol–water partition coefficient (Wildman–Crippen LogP) is 2.92. The number of halogens is 1. The van der Waals surface area contributed by atoms with Crippen LogP contribution in [0.5, 0.6) is 0 Å². The zero-order chi connectivity index (χ0) is 11.3. The van der Waals surface area contributed by atoms with Gasteiger partial charge in [-0.1, -0.05) is 12.1 Å². The average Bonchev–Trinajstić information content (AvgIpc) is 2.21. The van der Waals surface area contributed by atoms with E-state index in [9.17, 15) is 4.39 Å². The molecule has 1 aliphatic heterocycles. The van der Waals surface area contributed by atoms with Gasteiger partial charge in [0.2, 0.25) is 0 Å². The second-order valence-corrected chi connectivity index (χ2v) is 3.18. The molecule has 0 amide bonds. The van der Waals surface area contributed by atoms with Crippen LogP contribution >= 0.6 is 0 Å². The van der Waals surface area contributed by atoms with Gasteiger partial charge in [-0.25, -0.2) is 4.39 Å². The number of hydrogen-bond donors (Lipinski definition) is 1. The monoisotopic (exact) mass is 207 g/mol. The van der Waals surface area contributed by atoms with Crippen LogP contribution < -0.4 is 0 Å². The molecule has 0 saturated carbocycles. The second-order valence-electron chi connectivity index (χ2n) is 3.18. The fourth-order valence-electron chi connectivity index (χ4n) is 1.30. The van der Waals surface area contributed by atoms with Gasteiger partial charge in [0.1, 0.15) is 5.82 Å². The summed E-state index contributed by atoms with van der Waals surface area (Å²) in [6.07, 6.45) is 1.75. The molecule has 0 atom stereocenters. The van der Waals surface area contributed by atoms with Gasteiger partial charge in [-0.2, -0.15) is 0 Å². The Labute approximate surface area is 88.9 Å². The van der Waals surface area contributed by atoms with E-state index in [1.807, 2.05) is 6.92 Å². The normalized spacial score (nSPS) is 13.6. The van der Waals surface area contributed by atoms with E-state index in [-0.39, 0.29) is 12.4 Å². The number of benzene rings is 1. The third kappa shape index (κ3) is 2.99. The lowest BCUT2D eigenvalue weighted by Gasteiger charge is -2.16. The number of fused-ring (bicyclic) bond motifs is 1. The molecular formula is C12H14FNO. The van der Waals surface area contributed by atoms with Crippen LogP contribution in [0.25, 0.3) is 0 Å². The van der Waals surface area contributed by atoms with Crippen molar-refractivity contribution in [3.63, 3.8) is 0 Å². The Balaban J connectivity index is 0.000000337. The summed E-state index contributed by atoms with van der Waals surface area (Å²) in [6, 6.07) is 4.44. The molecule has 0 fully saturated rings. The summed E-state index contributed by atoms with van der Waals surface area (Å²) >= 11 is 0. The van der Waals surface area contributed by atoms with Crippen molar-refractivity contribution in [3.05, 3.63) is 47.8 Å². The highest BCUT2D eigenvalue weighted by Crippen LogP contribution is 2.17. The van der Waals surface area contributed by atoms with Crippen molar-refractivity contribution in [3.8, 4) is 0 Å². The molecule has 1 aromatic rings. The third-order valence-electron chi connectivity index (χ3n) is 1.90. The van der Waals surface area contributed by atoms with E-state index in [1.54, 1.807) is 12.1 Å². The van der Waals surface area contributed by atoms with Crippen LogP contribution in [0, 0.1) is 11.2 Å². The third-order valence-corrected chi connectivity index (χ3v) is 1.90. The van der Waals surface area contributed by atoms with Crippen molar-refractivity contribution in [2.45, 2.75) is 13.5 Å². The summed E-state index contributed by atoms with van der Waals surface area (Å²) in [5.74, 6) is -0.291. The zero-order valence-electron chi connectivity index (χ0n) is 8.72. The summed E-state index contributed by atoms with van der Waals surface area (Å²) in [7, 11) is 0. The molecule has 1 heterocycles. The maximum absolute atomic E-state index is 12.7. The number of ether oxygens (including phenoxy) is 1. The van der Waals surface area contributed by atoms with Gasteiger partial charge in [0.05, 0.1) is 18.9 Å². The van der Waals surface area contributed by atoms with Crippen LogP contribution in [0.15, 0.2) is 30.9 Å². The lowest BCUT2D eigenvalue weighted by Crippen LogP contribution is -2.18. The molecule has 2 rings (SSSR count). The fraction of sp³-hybridized carbons (Fsp3) is 0.250. The van der Waals surface area contributed by atoms with Gasteiger partial charge in [0.15, 0.2) is 0 Å². The van der Waals surface area contributed by atoms with Gasteiger partial charge >= 0.3 is 0 Å². The Hall–Kier alpha value is -1.48. The number of hydrogen-bond acceptors (Lipinski definition) is 2. The van der Waals surface area contributed by atoms with Gasteiger partial charge in [-0.3, -0.25) is 0 Å². The SMILES string of the molecule is C=CC.N=C1COCc2ccc(F)cc21. The quantitative estimate of drug-likeness (QED) is 0.652. The Morgan fingerprint density at radius 3 is 2.80 bits per heavy atom. The fourth-order valence-corrected chi connectivity index (χ4v) is 1.30. The van der Waals surface area contributed by atoms with E-state index >= 15 is 0 Å². The molecule has 0 aliphatic carbocycles. The summed E-state index contributed by atoms with van der Waals surface area (Å²) in [6.45, 7) is 6.02. The molecule has 0 saturated heterocycles. The molecule has 1 aliphatic rings. The molecule has 1 aromatic carbocycles. The topological polar surface area (TPSA) is 33.1 Å². The lowest BCUT2D eigenvalue weighted by molar-refractivity contribution is 0.151. The highest BCUT2D eigenvalue weighted by atomic mass is 19.1. The standard InChI is InChI=1S/C9H8FNO.C3H6/c10-7-2-1-6-4-12-5-9(11)8(6)3-7;1-3-2/h1-3,11H,4-5H2;3H,1H2,2H3. The minimum atomic E-state index is -0.291. The molecule has 0 unspecified atom stereocenters. The number of allylic oxidation sites excluding steroid dienone is 1. The molecule has 1 N–H and O–H groups in total. The molecule has 0 bridgehead atoms. The second kappa shape index (κ2) is 5.41. The Morgan fingerprint density at radius 1 is 1.47 bits per heavy atom. The van der Waals surface area contributed by atoms with Crippen LogP contribution in [-0.2, 0) is 11.3 Å². The van der Waals surface area contributed by atoms with Crippen molar-refractivity contribution in [2.75, 3.05) is 6.61 Å². The van der Waals surface area contributed by atoms with Crippen molar-refractivity contribution in [1.82, 2.24) is 0 Å². The maximum Gasteiger partial charge on any atom is 0.123 e. The van der Waals surface area contributed by atoms with E-state index < -0.39 is 0 Å². The highest BCUT2D eigenvalue weighted by Gasteiger charge is 2.14. The maximum atomic E-state index is 12.7. The molecule has 15 heavy (non-hydrogen) atoms. The molecular weight excluding hydrogens is 193 g/mol. The zero-order valence-corrected chi connectivity index (χ0v) is 8.72. The largest absolute Gasteiger partial charge is 0.370 e. The first-order valence-corrected chi connectivity index (χ1v) is 4.70. The molecule has 80 valence electrons. The highest BCUT2D eigenvalue weighted by molar-refractivity contribution is 6.01. The van der Waals surface area contributed by atoms with Crippen molar-refractivity contribution < 1.29 is 9.13 Å². The van der Waals surface area contributed by atoms with Gasteiger partial charge in [-0.05, 0) is 24.6 Å². The van der Waals surface area contributed by atoms with Crippen molar-refractivity contribution in [1.29, 1.82) is 5.41 Å². The lowest BCUT2D eigenvalue weighted by atomic mass is 10.0. The van der Waals surface area contributed by atoms with Crippen LogP contribution in [-0.4, -0.2) is 12.3 Å². The Kier molecular flexibility index (Phi) is 4.18. The average molecular weight is 207 g/mol. The van der Waals surface area contributed by atoms with Gasteiger partial charge in [0, 0.05) is 5.56 Å². The number of rotatable bonds is 0. The first kappa shape index (κ1) is 11.6. The number of nitrogens with one attached hydrogen (secondary N) is 1. The summed E-state index contributed by atoms with van der Waals surface area (Å²) in [5.41, 5.74) is 1.93. The van der Waals surface area contributed by atoms with Gasteiger partial charge in [-0.15, -0.1) is 6.58 Å². The van der Waals surface area contributed by atoms with E-state index in [2.05, 4.69) is 6.58 Å². The molecule has 0 spiro atoms. The minimum absolute atomic E-state index is 0.288. The van der Waals surface area contributed by atoms with E-state index in [0.29, 0.717) is 17.9 Å². The smallest absolute Gasteiger partial charge is 0.123 e. The van der Waals surface area contributed by atoms with Crippen LogP contribution in [0.3, 0.4) is 0 Å². The summed E-state index contributed by atoms with van der Waals surface area (Å²) in [5, 5.41) is 7.48. The van der Waals surface area contributed by atoms with Crippen LogP contribution in [0.1, 0.15) is 18.1 Å². The summed E-state index contributed by atoms with van der Waals surface area (Å²) in [4.78, 5) is 0. The van der Waals surface area contributed by atoms with Crippen LogP contribution in [0.4, 0.5) is 4.39 Å². The van der Waals surface area contributed by atoms with E-state index in [1.165, 1.54) is 12.1 Å². The minimum Gasteiger partial charge on any atom is -0.370 e. The van der Waals surface area contributed by atoms with E-state index in [4.69, 9.17) is 10.1 Å². The van der Waals surface area contributed by atoms with Gasteiger partial charge < -0.3 is 10.1 Å². The van der Waals surface area contributed by atoms with Gasteiger partial charge in [0.25, 0.3) is 0 Å². The summed E-state index contributed by atoms with van der Waals surface area (Å²) < 4.78 is 17.8. The molecule has 0 radical (unpaired) electrons.